The number of hydroxylamine groups is 2. The van der Waals surface area contributed by atoms with Crippen LogP contribution < -0.4 is 5.73 Å². The van der Waals surface area contributed by atoms with Crippen molar-refractivity contribution in [2.24, 2.45) is 11.7 Å². The van der Waals surface area contributed by atoms with Gasteiger partial charge in [0.2, 0.25) is 5.91 Å². The maximum absolute atomic E-state index is 11.7. The van der Waals surface area contributed by atoms with Crippen molar-refractivity contribution < 1.29 is 9.63 Å². The number of carbonyl (C=O) groups is 1. The van der Waals surface area contributed by atoms with E-state index in [9.17, 15) is 4.79 Å². The molecule has 2 fully saturated rings. The first-order chi connectivity index (χ1) is 6.27. The molecule has 74 valence electrons. The lowest BCUT2D eigenvalue weighted by Crippen LogP contribution is -2.32. The van der Waals surface area contributed by atoms with Crippen LogP contribution in [0.2, 0.25) is 0 Å². The second-order valence-corrected chi connectivity index (χ2v) is 3.90. The first kappa shape index (κ1) is 8.97. The van der Waals surface area contributed by atoms with Crippen LogP contribution in [0.5, 0.6) is 0 Å². The first-order valence-corrected chi connectivity index (χ1v) is 4.97. The van der Waals surface area contributed by atoms with Crippen molar-refractivity contribution in [1.82, 2.24) is 5.06 Å². The smallest absolute Gasteiger partial charge is 0.249 e. The molecular formula is C9H16N2O2. The molecule has 1 saturated carbocycles. The van der Waals surface area contributed by atoms with E-state index in [0.29, 0.717) is 6.61 Å². The first-order valence-electron chi connectivity index (χ1n) is 4.97. The highest BCUT2D eigenvalue weighted by Crippen LogP contribution is 2.26. The molecule has 4 nitrogen and oxygen atoms in total. The summed E-state index contributed by atoms with van der Waals surface area (Å²) < 4.78 is 0. The van der Waals surface area contributed by atoms with Crippen LogP contribution in [0.4, 0.5) is 0 Å². The normalized spacial score (nSPS) is 34.1. The van der Waals surface area contributed by atoms with Gasteiger partial charge in [-0.2, -0.15) is 0 Å². The molecule has 0 aromatic carbocycles. The lowest BCUT2D eigenvalue weighted by atomic mass is 10.1. The van der Waals surface area contributed by atoms with Gasteiger partial charge in [0.15, 0.2) is 0 Å². The minimum atomic E-state index is 0.119. The van der Waals surface area contributed by atoms with Gasteiger partial charge in [-0.15, -0.1) is 0 Å². The molecule has 0 aromatic heterocycles. The zero-order chi connectivity index (χ0) is 9.26. The molecular weight excluding hydrogens is 168 g/mol. The maximum atomic E-state index is 11.7. The van der Waals surface area contributed by atoms with Crippen molar-refractivity contribution in [2.75, 3.05) is 13.2 Å². The molecule has 1 saturated heterocycles. The molecule has 13 heavy (non-hydrogen) atoms. The molecule has 2 unspecified atom stereocenters. The molecule has 1 aliphatic heterocycles. The van der Waals surface area contributed by atoms with E-state index in [1.54, 1.807) is 0 Å². The molecule has 1 heterocycles. The molecule has 1 aliphatic carbocycles. The van der Waals surface area contributed by atoms with Crippen LogP contribution in [0.15, 0.2) is 0 Å². The summed E-state index contributed by atoms with van der Waals surface area (Å²) in [7, 11) is 0. The summed E-state index contributed by atoms with van der Waals surface area (Å²) in [5.41, 5.74) is 5.75. The Kier molecular flexibility index (Phi) is 2.51. The Bertz CT molecular complexity index is 202. The number of nitrogens with zero attached hydrogens (tertiary/aromatic N) is 1. The van der Waals surface area contributed by atoms with Crippen LogP contribution in [-0.4, -0.2) is 30.2 Å². The van der Waals surface area contributed by atoms with E-state index in [4.69, 9.17) is 10.6 Å². The fourth-order valence-corrected chi connectivity index (χ4v) is 2.07. The van der Waals surface area contributed by atoms with E-state index in [-0.39, 0.29) is 17.9 Å². The van der Waals surface area contributed by atoms with E-state index < -0.39 is 0 Å². The Hall–Kier alpha value is -0.610. The summed E-state index contributed by atoms with van der Waals surface area (Å²) in [5, 5.41) is 1.52. The Balaban J connectivity index is 1.89. The van der Waals surface area contributed by atoms with Gasteiger partial charge in [-0.25, -0.2) is 5.06 Å². The Morgan fingerprint density at radius 1 is 1.46 bits per heavy atom. The van der Waals surface area contributed by atoms with Crippen LogP contribution in [0, 0.1) is 5.92 Å². The quantitative estimate of drug-likeness (QED) is 0.636. The van der Waals surface area contributed by atoms with Crippen molar-refractivity contribution in [3.05, 3.63) is 0 Å². The SMILES string of the molecule is NC1CCC(C(=O)N2CCCO2)C1. The van der Waals surface area contributed by atoms with Crippen LogP contribution in [-0.2, 0) is 9.63 Å². The average Bonchev–Trinajstić information content (AvgIpc) is 2.72. The molecule has 1 amide bonds. The molecule has 2 aliphatic rings. The van der Waals surface area contributed by atoms with Crippen molar-refractivity contribution in [3.8, 4) is 0 Å². The van der Waals surface area contributed by atoms with Gasteiger partial charge in [0.05, 0.1) is 13.2 Å². The summed E-state index contributed by atoms with van der Waals surface area (Å²) in [5.74, 6) is 0.263. The third kappa shape index (κ3) is 1.84. The fraction of sp³-hybridized carbons (Fsp3) is 0.889. The zero-order valence-electron chi connectivity index (χ0n) is 7.74. The van der Waals surface area contributed by atoms with Gasteiger partial charge in [0, 0.05) is 12.0 Å². The summed E-state index contributed by atoms with van der Waals surface area (Å²) in [6.45, 7) is 1.44. The molecule has 0 radical (unpaired) electrons. The molecule has 2 atom stereocenters. The highest BCUT2D eigenvalue weighted by atomic mass is 16.7. The number of rotatable bonds is 1. The third-order valence-corrected chi connectivity index (χ3v) is 2.82. The van der Waals surface area contributed by atoms with E-state index in [1.165, 1.54) is 5.06 Å². The van der Waals surface area contributed by atoms with Crippen LogP contribution in [0.3, 0.4) is 0 Å². The van der Waals surface area contributed by atoms with Gasteiger partial charge in [-0.1, -0.05) is 0 Å². The molecule has 0 aromatic rings. The van der Waals surface area contributed by atoms with E-state index in [0.717, 1.165) is 32.2 Å². The molecule has 2 rings (SSSR count). The Morgan fingerprint density at radius 2 is 2.31 bits per heavy atom. The number of amides is 1. The number of hydrogen-bond donors (Lipinski definition) is 1. The lowest BCUT2D eigenvalue weighted by Gasteiger charge is -2.17. The maximum Gasteiger partial charge on any atom is 0.249 e. The second-order valence-electron chi connectivity index (χ2n) is 3.90. The Morgan fingerprint density at radius 3 is 2.85 bits per heavy atom. The molecule has 0 spiro atoms. The van der Waals surface area contributed by atoms with Crippen molar-refractivity contribution >= 4 is 5.91 Å². The second kappa shape index (κ2) is 3.64. The van der Waals surface area contributed by atoms with Gasteiger partial charge < -0.3 is 5.73 Å². The zero-order valence-corrected chi connectivity index (χ0v) is 7.74. The third-order valence-electron chi connectivity index (χ3n) is 2.82. The lowest BCUT2D eigenvalue weighted by molar-refractivity contribution is -0.173. The van der Waals surface area contributed by atoms with Gasteiger partial charge in [0.1, 0.15) is 0 Å². The van der Waals surface area contributed by atoms with Crippen molar-refractivity contribution in [1.29, 1.82) is 0 Å². The minimum Gasteiger partial charge on any atom is -0.328 e. The van der Waals surface area contributed by atoms with E-state index in [2.05, 4.69) is 0 Å². The molecule has 0 bridgehead atoms. The summed E-state index contributed by atoms with van der Waals surface area (Å²) in [6, 6.07) is 0.219. The number of carbonyl (C=O) groups excluding carboxylic acids is 1. The fourth-order valence-electron chi connectivity index (χ4n) is 2.07. The van der Waals surface area contributed by atoms with Crippen molar-refractivity contribution in [2.45, 2.75) is 31.7 Å². The molecule has 4 heteroatoms. The largest absolute Gasteiger partial charge is 0.328 e. The van der Waals surface area contributed by atoms with Gasteiger partial charge in [-0.3, -0.25) is 9.63 Å². The minimum absolute atomic E-state index is 0.119. The van der Waals surface area contributed by atoms with Crippen LogP contribution >= 0.6 is 0 Å². The monoisotopic (exact) mass is 184 g/mol. The number of nitrogens with two attached hydrogens (primary N) is 1. The predicted octanol–water partition coefficient (Wildman–Crippen LogP) is 0.278. The van der Waals surface area contributed by atoms with Crippen molar-refractivity contribution in [3.63, 3.8) is 0 Å². The Labute approximate surface area is 78.0 Å². The van der Waals surface area contributed by atoms with Crippen LogP contribution in [0.1, 0.15) is 25.7 Å². The summed E-state index contributed by atoms with van der Waals surface area (Å²) in [6.07, 6.45) is 3.70. The highest BCUT2D eigenvalue weighted by molar-refractivity contribution is 5.78. The molecule has 2 N–H and O–H groups in total. The van der Waals surface area contributed by atoms with Gasteiger partial charge in [-0.05, 0) is 25.7 Å². The number of hydrogen-bond acceptors (Lipinski definition) is 3. The highest BCUT2D eigenvalue weighted by Gasteiger charge is 2.32. The summed E-state index contributed by atoms with van der Waals surface area (Å²) in [4.78, 5) is 16.9. The topological polar surface area (TPSA) is 55.6 Å². The van der Waals surface area contributed by atoms with Crippen LogP contribution in [0.25, 0.3) is 0 Å². The standard InChI is InChI=1S/C9H16N2O2/c10-8-3-2-7(6-8)9(12)11-4-1-5-13-11/h7-8H,1-6,10H2. The van der Waals surface area contributed by atoms with E-state index >= 15 is 0 Å². The average molecular weight is 184 g/mol. The summed E-state index contributed by atoms with van der Waals surface area (Å²) >= 11 is 0. The van der Waals surface area contributed by atoms with Gasteiger partial charge >= 0.3 is 0 Å². The van der Waals surface area contributed by atoms with Gasteiger partial charge in [0.25, 0.3) is 0 Å². The van der Waals surface area contributed by atoms with E-state index in [1.807, 2.05) is 0 Å². The predicted molar refractivity (Wildman–Crippen MR) is 47.6 cm³/mol.